The molecule has 0 spiro atoms. The van der Waals surface area contributed by atoms with Gasteiger partial charge in [-0.1, -0.05) is 35.9 Å². The lowest BCUT2D eigenvalue weighted by Gasteiger charge is -2.10. The van der Waals surface area contributed by atoms with E-state index in [0.717, 1.165) is 27.0 Å². The predicted molar refractivity (Wildman–Crippen MR) is 97.3 cm³/mol. The quantitative estimate of drug-likeness (QED) is 0.684. The number of aromatic nitrogens is 1. The van der Waals surface area contributed by atoms with Crippen LogP contribution in [-0.2, 0) is 4.79 Å². The number of benzene rings is 2. The molecule has 5 heteroatoms. The number of para-hydroxylation sites is 1. The predicted octanol–water partition coefficient (Wildman–Crippen LogP) is 4.93. The van der Waals surface area contributed by atoms with Crippen LogP contribution in [0, 0.1) is 6.92 Å². The Hall–Kier alpha value is -2.04. The minimum atomic E-state index is -0.0618. The second-order valence-electron chi connectivity index (χ2n) is 5.08. The molecule has 3 nitrogen and oxygen atoms in total. The van der Waals surface area contributed by atoms with Crippen LogP contribution >= 0.6 is 23.4 Å². The zero-order valence-electron chi connectivity index (χ0n) is 12.5. The number of hydrogen-bond acceptors (Lipinski definition) is 3. The molecule has 0 unspecified atom stereocenters. The summed E-state index contributed by atoms with van der Waals surface area (Å²) in [5.74, 6) is 0.259. The molecule has 0 saturated heterocycles. The van der Waals surface area contributed by atoms with Crippen molar-refractivity contribution >= 4 is 45.9 Å². The summed E-state index contributed by atoms with van der Waals surface area (Å²) in [5.41, 5.74) is 2.55. The molecule has 3 rings (SSSR count). The summed E-state index contributed by atoms with van der Waals surface area (Å²) in [5, 5.41) is 4.62. The number of pyridine rings is 1. The van der Waals surface area contributed by atoms with Crippen molar-refractivity contribution in [2.45, 2.75) is 11.8 Å². The summed E-state index contributed by atoms with van der Waals surface area (Å²) in [6.45, 7) is 1.89. The molecule has 0 bridgehead atoms. The molecule has 0 fully saturated rings. The SMILES string of the molecule is Cc1c(Cl)cccc1NC(=O)CSc1cccc2cccnc12. The molecular formula is C18H15ClN2OS. The average Bonchev–Trinajstić information content (AvgIpc) is 2.57. The van der Waals surface area contributed by atoms with E-state index in [0.29, 0.717) is 10.8 Å². The smallest absolute Gasteiger partial charge is 0.234 e. The molecule has 0 aliphatic carbocycles. The Labute approximate surface area is 144 Å². The van der Waals surface area contributed by atoms with E-state index in [1.54, 1.807) is 6.20 Å². The van der Waals surface area contributed by atoms with Crippen LogP contribution in [0.3, 0.4) is 0 Å². The highest BCUT2D eigenvalue weighted by Gasteiger charge is 2.09. The fourth-order valence-corrected chi connectivity index (χ4v) is 3.28. The Morgan fingerprint density at radius 3 is 2.83 bits per heavy atom. The van der Waals surface area contributed by atoms with Crippen LogP contribution in [0.25, 0.3) is 10.9 Å². The first kappa shape index (κ1) is 15.8. The number of thioether (sulfide) groups is 1. The number of rotatable bonds is 4. The maximum atomic E-state index is 12.2. The van der Waals surface area contributed by atoms with Crippen molar-refractivity contribution in [3.63, 3.8) is 0 Å². The zero-order chi connectivity index (χ0) is 16.2. The molecule has 0 radical (unpaired) electrons. The number of anilines is 1. The number of amides is 1. The third kappa shape index (κ3) is 3.66. The van der Waals surface area contributed by atoms with Gasteiger partial charge in [-0.05, 0) is 36.8 Å². The first-order valence-electron chi connectivity index (χ1n) is 7.16. The molecule has 0 atom stereocenters. The number of hydrogen-bond donors (Lipinski definition) is 1. The number of nitrogens with zero attached hydrogens (tertiary/aromatic N) is 1. The minimum absolute atomic E-state index is 0.0618. The van der Waals surface area contributed by atoms with Gasteiger partial charge in [-0.25, -0.2) is 0 Å². The Morgan fingerprint density at radius 1 is 1.17 bits per heavy atom. The van der Waals surface area contributed by atoms with Gasteiger partial charge in [0.25, 0.3) is 0 Å². The highest BCUT2D eigenvalue weighted by atomic mass is 35.5. The van der Waals surface area contributed by atoms with Crippen molar-refractivity contribution in [1.82, 2.24) is 4.98 Å². The number of fused-ring (bicyclic) bond motifs is 1. The summed E-state index contributed by atoms with van der Waals surface area (Å²) in [4.78, 5) is 17.6. The van der Waals surface area contributed by atoms with Crippen LogP contribution in [0.2, 0.25) is 5.02 Å². The van der Waals surface area contributed by atoms with Crippen molar-refractivity contribution in [2.75, 3.05) is 11.1 Å². The third-order valence-electron chi connectivity index (χ3n) is 3.50. The monoisotopic (exact) mass is 342 g/mol. The largest absolute Gasteiger partial charge is 0.325 e. The van der Waals surface area contributed by atoms with Crippen molar-refractivity contribution < 1.29 is 4.79 Å². The average molecular weight is 343 g/mol. The summed E-state index contributed by atoms with van der Waals surface area (Å²) in [6.07, 6.45) is 1.77. The second kappa shape index (κ2) is 7.02. The molecule has 116 valence electrons. The van der Waals surface area contributed by atoms with E-state index in [4.69, 9.17) is 11.6 Å². The first-order valence-corrected chi connectivity index (χ1v) is 8.53. The minimum Gasteiger partial charge on any atom is -0.325 e. The lowest BCUT2D eigenvalue weighted by atomic mass is 10.2. The van der Waals surface area contributed by atoms with Gasteiger partial charge >= 0.3 is 0 Å². The van der Waals surface area contributed by atoms with Crippen LogP contribution in [0.5, 0.6) is 0 Å². The van der Waals surface area contributed by atoms with E-state index in [-0.39, 0.29) is 5.91 Å². The van der Waals surface area contributed by atoms with E-state index in [9.17, 15) is 4.79 Å². The Balaban J connectivity index is 1.70. The number of carbonyl (C=O) groups excluding carboxylic acids is 1. The highest BCUT2D eigenvalue weighted by Crippen LogP contribution is 2.27. The maximum absolute atomic E-state index is 12.2. The molecule has 23 heavy (non-hydrogen) atoms. The van der Waals surface area contributed by atoms with Crippen molar-refractivity contribution in [3.05, 3.63) is 65.3 Å². The summed E-state index contributed by atoms with van der Waals surface area (Å²) >= 11 is 7.55. The molecule has 1 N–H and O–H groups in total. The molecule has 0 aliphatic heterocycles. The van der Waals surface area contributed by atoms with Crippen LogP contribution in [-0.4, -0.2) is 16.6 Å². The number of halogens is 1. The van der Waals surface area contributed by atoms with Crippen molar-refractivity contribution in [2.24, 2.45) is 0 Å². The Bertz CT molecular complexity index is 861. The lowest BCUT2D eigenvalue weighted by Crippen LogP contribution is -2.14. The van der Waals surface area contributed by atoms with E-state index < -0.39 is 0 Å². The zero-order valence-corrected chi connectivity index (χ0v) is 14.1. The second-order valence-corrected chi connectivity index (χ2v) is 6.50. The Morgan fingerprint density at radius 2 is 1.96 bits per heavy atom. The fraction of sp³-hybridized carbons (Fsp3) is 0.111. The molecular weight excluding hydrogens is 328 g/mol. The van der Waals surface area contributed by atoms with Gasteiger partial charge in [0.1, 0.15) is 0 Å². The third-order valence-corrected chi connectivity index (χ3v) is 4.95. The van der Waals surface area contributed by atoms with Gasteiger partial charge in [0.05, 0.1) is 11.3 Å². The molecule has 1 heterocycles. The van der Waals surface area contributed by atoms with Crippen molar-refractivity contribution in [3.8, 4) is 0 Å². The van der Waals surface area contributed by atoms with E-state index in [1.165, 1.54) is 11.8 Å². The van der Waals surface area contributed by atoms with E-state index >= 15 is 0 Å². The molecule has 1 amide bonds. The summed E-state index contributed by atoms with van der Waals surface area (Å²) < 4.78 is 0. The topological polar surface area (TPSA) is 42.0 Å². The lowest BCUT2D eigenvalue weighted by molar-refractivity contribution is -0.113. The van der Waals surface area contributed by atoms with Gasteiger partial charge in [-0.2, -0.15) is 0 Å². The van der Waals surface area contributed by atoms with Gasteiger partial charge < -0.3 is 5.32 Å². The molecule has 3 aromatic rings. The molecule has 2 aromatic carbocycles. The Kier molecular flexibility index (Phi) is 4.84. The summed E-state index contributed by atoms with van der Waals surface area (Å²) in [6, 6.07) is 15.4. The normalized spacial score (nSPS) is 10.7. The van der Waals surface area contributed by atoms with Gasteiger partial charge in [-0.3, -0.25) is 9.78 Å². The van der Waals surface area contributed by atoms with E-state index in [2.05, 4.69) is 10.3 Å². The first-order chi connectivity index (χ1) is 11.1. The number of nitrogens with one attached hydrogen (secondary N) is 1. The standard InChI is InChI=1S/C18H15ClN2OS/c1-12-14(19)7-3-8-15(12)21-17(22)11-23-16-9-2-5-13-6-4-10-20-18(13)16/h2-10H,11H2,1H3,(H,21,22). The van der Waals surface area contributed by atoms with Gasteiger partial charge in [0, 0.05) is 27.2 Å². The molecule has 0 saturated carbocycles. The van der Waals surface area contributed by atoms with Crippen LogP contribution in [0.4, 0.5) is 5.69 Å². The highest BCUT2D eigenvalue weighted by molar-refractivity contribution is 8.00. The molecule has 0 aliphatic rings. The summed E-state index contributed by atoms with van der Waals surface area (Å²) in [7, 11) is 0. The fourth-order valence-electron chi connectivity index (χ4n) is 2.27. The maximum Gasteiger partial charge on any atom is 0.234 e. The van der Waals surface area contributed by atoms with E-state index in [1.807, 2.05) is 55.5 Å². The van der Waals surface area contributed by atoms with Crippen LogP contribution < -0.4 is 5.32 Å². The van der Waals surface area contributed by atoms with Gasteiger partial charge in [0.2, 0.25) is 5.91 Å². The molecule has 1 aromatic heterocycles. The van der Waals surface area contributed by atoms with Gasteiger partial charge in [-0.15, -0.1) is 11.8 Å². The number of carbonyl (C=O) groups is 1. The van der Waals surface area contributed by atoms with Gasteiger partial charge in [0.15, 0.2) is 0 Å². The van der Waals surface area contributed by atoms with Crippen LogP contribution in [0.1, 0.15) is 5.56 Å². The van der Waals surface area contributed by atoms with Crippen LogP contribution in [0.15, 0.2) is 59.6 Å². The van der Waals surface area contributed by atoms with Crippen molar-refractivity contribution in [1.29, 1.82) is 0 Å².